The van der Waals surface area contributed by atoms with Gasteiger partial charge in [0.1, 0.15) is 5.75 Å². The smallest absolute Gasteiger partial charge is 0.311 e. The zero-order chi connectivity index (χ0) is 16.4. The van der Waals surface area contributed by atoms with Gasteiger partial charge in [-0.2, -0.15) is 0 Å². The number of ether oxygens (including phenoxy) is 1. The third-order valence-electron chi connectivity index (χ3n) is 5.82. The average Bonchev–Trinajstić information content (AvgIpc) is 2.95. The Morgan fingerprint density at radius 2 is 1.87 bits per heavy atom. The van der Waals surface area contributed by atoms with Crippen LogP contribution < -0.4 is 4.74 Å². The summed E-state index contributed by atoms with van der Waals surface area (Å²) in [5.74, 6) is 0.164. The van der Waals surface area contributed by atoms with Crippen LogP contribution in [0.4, 0.5) is 0 Å². The van der Waals surface area contributed by atoms with E-state index in [9.17, 15) is 9.90 Å². The Bertz CT molecular complexity index is 550. The SMILES string of the molecule is COc1ccc([C@@H]2CN(C3CCCCC3)C[C@@]2(C)C(=O)O)cc1. The van der Waals surface area contributed by atoms with Gasteiger partial charge in [-0.05, 0) is 37.5 Å². The third-order valence-corrected chi connectivity index (χ3v) is 5.82. The molecule has 4 nitrogen and oxygen atoms in total. The number of carbonyl (C=O) groups is 1. The van der Waals surface area contributed by atoms with Gasteiger partial charge in [0.05, 0.1) is 12.5 Å². The topological polar surface area (TPSA) is 49.8 Å². The molecule has 2 aliphatic rings. The minimum absolute atomic E-state index is 0.0350. The van der Waals surface area contributed by atoms with Gasteiger partial charge in [-0.25, -0.2) is 0 Å². The van der Waals surface area contributed by atoms with E-state index in [0.29, 0.717) is 12.6 Å². The highest BCUT2D eigenvalue weighted by atomic mass is 16.5. The molecule has 3 rings (SSSR count). The lowest BCUT2D eigenvalue weighted by Gasteiger charge is -2.31. The molecule has 23 heavy (non-hydrogen) atoms. The van der Waals surface area contributed by atoms with E-state index < -0.39 is 11.4 Å². The molecule has 0 amide bonds. The summed E-state index contributed by atoms with van der Waals surface area (Å²) in [7, 11) is 1.65. The van der Waals surface area contributed by atoms with Crippen LogP contribution in [0, 0.1) is 5.41 Å². The van der Waals surface area contributed by atoms with Crippen molar-refractivity contribution >= 4 is 5.97 Å². The molecule has 0 radical (unpaired) electrons. The first kappa shape index (κ1) is 16.3. The highest BCUT2D eigenvalue weighted by molar-refractivity contribution is 5.76. The van der Waals surface area contributed by atoms with Crippen molar-refractivity contribution in [1.29, 1.82) is 0 Å². The van der Waals surface area contributed by atoms with E-state index in [2.05, 4.69) is 4.90 Å². The van der Waals surface area contributed by atoms with Crippen molar-refractivity contribution in [2.75, 3.05) is 20.2 Å². The number of likely N-dealkylation sites (tertiary alicyclic amines) is 1. The monoisotopic (exact) mass is 317 g/mol. The van der Waals surface area contributed by atoms with Crippen molar-refractivity contribution in [3.8, 4) is 5.75 Å². The van der Waals surface area contributed by atoms with Crippen molar-refractivity contribution in [2.45, 2.75) is 51.0 Å². The summed E-state index contributed by atoms with van der Waals surface area (Å²) in [4.78, 5) is 14.4. The molecule has 1 aromatic rings. The Hall–Kier alpha value is -1.55. The Kier molecular flexibility index (Phi) is 4.62. The van der Waals surface area contributed by atoms with Crippen LogP contribution in [0.25, 0.3) is 0 Å². The lowest BCUT2D eigenvalue weighted by Crippen LogP contribution is -2.38. The summed E-state index contributed by atoms with van der Waals surface area (Å²) in [6, 6.07) is 8.47. The fourth-order valence-corrected chi connectivity index (χ4v) is 4.28. The maximum Gasteiger partial charge on any atom is 0.311 e. The van der Waals surface area contributed by atoms with Gasteiger partial charge in [0.2, 0.25) is 0 Å². The van der Waals surface area contributed by atoms with Crippen LogP contribution in [-0.4, -0.2) is 42.2 Å². The highest BCUT2D eigenvalue weighted by Crippen LogP contribution is 2.45. The molecule has 4 heteroatoms. The molecule has 1 heterocycles. The standard InChI is InChI=1S/C19H27NO3/c1-19(18(21)22)13-20(15-6-4-3-5-7-15)12-17(19)14-8-10-16(23-2)11-9-14/h8-11,15,17H,3-7,12-13H2,1-2H3,(H,21,22)/t17-,19+/m0/s1. The highest BCUT2D eigenvalue weighted by Gasteiger charge is 2.50. The second-order valence-electron chi connectivity index (χ2n) is 7.27. The van der Waals surface area contributed by atoms with E-state index >= 15 is 0 Å². The van der Waals surface area contributed by atoms with Crippen LogP contribution in [0.1, 0.15) is 50.5 Å². The van der Waals surface area contributed by atoms with Gasteiger partial charge < -0.3 is 9.84 Å². The molecule has 2 atom stereocenters. The molecule has 1 aliphatic heterocycles. The summed E-state index contributed by atoms with van der Waals surface area (Å²) < 4.78 is 5.22. The van der Waals surface area contributed by atoms with Crippen molar-refractivity contribution in [1.82, 2.24) is 4.90 Å². The molecule has 1 aromatic carbocycles. The molecule has 0 unspecified atom stereocenters. The van der Waals surface area contributed by atoms with Crippen LogP contribution in [-0.2, 0) is 4.79 Å². The molecule has 1 saturated heterocycles. The zero-order valence-electron chi connectivity index (χ0n) is 14.1. The fourth-order valence-electron chi connectivity index (χ4n) is 4.28. The molecule has 1 aliphatic carbocycles. The quantitative estimate of drug-likeness (QED) is 0.923. The summed E-state index contributed by atoms with van der Waals surface area (Å²) in [5.41, 5.74) is 0.389. The lowest BCUT2D eigenvalue weighted by atomic mass is 9.76. The normalized spacial score (nSPS) is 29.6. The zero-order valence-corrected chi connectivity index (χ0v) is 14.1. The molecule has 0 spiro atoms. The number of rotatable bonds is 4. The average molecular weight is 317 g/mol. The summed E-state index contributed by atoms with van der Waals surface area (Å²) >= 11 is 0. The van der Waals surface area contributed by atoms with Gasteiger partial charge in [-0.3, -0.25) is 9.69 Å². The van der Waals surface area contributed by atoms with Crippen molar-refractivity contribution < 1.29 is 14.6 Å². The molecule has 0 aromatic heterocycles. The second kappa shape index (κ2) is 6.52. The molecule has 2 fully saturated rings. The predicted molar refractivity (Wildman–Crippen MR) is 89.9 cm³/mol. The number of hydrogen-bond acceptors (Lipinski definition) is 3. The molecule has 0 bridgehead atoms. The first-order chi connectivity index (χ1) is 11.0. The Labute approximate surface area is 138 Å². The summed E-state index contributed by atoms with van der Waals surface area (Å²) in [5, 5.41) is 9.87. The van der Waals surface area contributed by atoms with E-state index in [0.717, 1.165) is 17.9 Å². The maximum absolute atomic E-state index is 12.0. The second-order valence-corrected chi connectivity index (χ2v) is 7.27. The molecule has 1 N–H and O–H groups in total. The van der Waals surface area contributed by atoms with E-state index in [1.54, 1.807) is 7.11 Å². The van der Waals surface area contributed by atoms with Crippen molar-refractivity contribution in [3.05, 3.63) is 29.8 Å². The van der Waals surface area contributed by atoms with Gasteiger partial charge in [0.25, 0.3) is 0 Å². The first-order valence-electron chi connectivity index (χ1n) is 8.66. The summed E-state index contributed by atoms with van der Waals surface area (Å²) in [6.07, 6.45) is 6.30. The van der Waals surface area contributed by atoms with Crippen LogP contribution in [0.15, 0.2) is 24.3 Å². The third kappa shape index (κ3) is 3.09. The number of benzene rings is 1. The minimum atomic E-state index is -0.716. The van der Waals surface area contributed by atoms with Gasteiger partial charge in [0, 0.05) is 25.0 Å². The van der Waals surface area contributed by atoms with E-state index in [1.165, 1.54) is 32.1 Å². The van der Waals surface area contributed by atoms with Crippen LogP contribution in [0.5, 0.6) is 5.75 Å². The van der Waals surface area contributed by atoms with Crippen molar-refractivity contribution in [3.63, 3.8) is 0 Å². The number of methoxy groups -OCH3 is 1. The minimum Gasteiger partial charge on any atom is -0.497 e. The van der Waals surface area contributed by atoms with E-state index in [4.69, 9.17) is 4.74 Å². The number of nitrogens with zero attached hydrogens (tertiary/aromatic N) is 1. The van der Waals surface area contributed by atoms with Crippen LogP contribution in [0.2, 0.25) is 0 Å². The maximum atomic E-state index is 12.0. The number of hydrogen-bond donors (Lipinski definition) is 1. The molecule has 1 saturated carbocycles. The largest absolute Gasteiger partial charge is 0.497 e. The van der Waals surface area contributed by atoms with Crippen molar-refractivity contribution in [2.24, 2.45) is 5.41 Å². The summed E-state index contributed by atoms with van der Waals surface area (Å²) in [6.45, 7) is 3.41. The Morgan fingerprint density at radius 3 is 2.43 bits per heavy atom. The lowest BCUT2D eigenvalue weighted by molar-refractivity contribution is -0.148. The number of carboxylic acids is 1. The molecular formula is C19H27NO3. The number of aliphatic carboxylic acids is 1. The van der Waals surface area contributed by atoms with Gasteiger partial charge in [0.15, 0.2) is 0 Å². The van der Waals surface area contributed by atoms with Crippen LogP contribution in [0.3, 0.4) is 0 Å². The Morgan fingerprint density at radius 1 is 1.22 bits per heavy atom. The van der Waals surface area contributed by atoms with E-state index in [-0.39, 0.29) is 5.92 Å². The van der Waals surface area contributed by atoms with Gasteiger partial charge in [-0.15, -0.1) is 0 Å². The Balaban J connectivity index is 1.84. The molecule has 126 valence electrons. The number of carboxylic acid groups (broad SMARTS) is 1. The predicted octanol–water partition coefficient (Wildman–Crippen LogP) is 3.52. The first-order valence-corrected chi connectivity index (χ1v) is 8.66. The fraction of sp³-hybridized carbons (Fsp3) is 0.632. The van der Waals surface area contributed by atoms with Gasteiger partial charge >= 0.3 is 5.97 Å². The molecular weight excluding hydrogens is 290 g/mol. The van der Waals surface area contributed by atoms with Gasteiger partial charge in [-0.1, -0.05) is 31.4 Å². The van der Waals surface area contributed by atoms with E-state index in [1.807, 2.05) is 31.2 Å². The van der Waals surface area contributed by atoms with Crippen LogP contribution >= 0.6 is 0 Å².